The van der Waals surface area contributed by atoms with Crippen molar-refractivity contribution in [2.24, 2.45) is 0 Å². The molecule has 1 aromatic carbocycles. The van der Waals surface area contributed by atoms with Crippen LogP contribution in [-0.4, -0.2) is 38.8 Å². The van der Waals surface area contributed by atoms with Gasteiger partial charge in [0.1, 0.15) is 11.6 Å². The lowest BCUT2D eigenvalue weighted by Crippen LogP contribution is -2.38. The number of hydrogen-bond acceptors (Lipinski definition) is 6. The highest BCUT2D eigenvalue weighted by atomic mass is 32.1. The molecule has 1 aliphatic heterocycles. The van der Waals surface area contributed by atoms with Crippen LogP contribution in [0.15, 0.2) is 42.6 Å². The summed E-state index contributed by atoms with van der Waals surface area (Å²) >= 11 is 1.61. The van der Waals surface area contributed by atoms with Gasteiger partial charge in [-0.3, -0.25) is 4.79 Å². The van der Waals surface area contributed by atoms with Gasteiger partial charge < -0.3 is 10.2 Å². The Morgan fingerprint density at radius 3 is 2.63 bits per heavy atom. The van der Waals surface area contributed by atoms with Gasteiger partial charge in [0.25, 0.3) is 0 Å². The largest absolute Gasteiger partial charge is 0.343 e. The Labute approximate surface area is 181 Å². The summed E-state index contributed by atoms with van der Waals surface area (Å²) < 4.78 is 0. The summed E-state index contributed by atoms with van der Waals surface area (Å²) in [5.74, 6) is 2.14. The second kappa shape index (κ2) is 9.34. The number of hydrogen-bond donors (Lipinski definition) is 1. The molecule has 1 N–H and O–H groups in total. The van der Waals surface area contributed by atoms with Crippen LogP contribution in [-0.2, 0) is 11.2 Å². The highest BCUT2D eigenvalue weighted by Crippen LogP contribution is 2.29. The van der Waals surface area contributed by atoms with Crippen molar-refractivity contribution < 1.29 is 4.79 Å². The van der Waals surface area contributed by atoms with Crippen molar-refractivity contribution >= 4 is 28.2 Å². The maximum atomic E-state index is 12.6. The number of thiazole rings is 1. The molecule has 3 heterocycles. The van der Waals surface area contributed by atoms with Crippen LogP contribution < -0.4 is 5.32 Å². The predicted molar refractivity (Wildman–Crippen MR) is 120 cm³/mol. The molecule has 0 bridgehead atoms. The van der Waals surface area contributed by atoms with Crippen LogP contribution in [0.1, 0.15) is 47.1 Å². The van der Waals surface area contributed by atoms with Crippen LogP contribution in [0, 0.1) is 13.8 Å². The van der Waals surface area contributed by atoms with Gasteiger partial charge in [-0.05, 0) is 38.7 Å². The summed E-state index contributed by atoms with van der Waals surface area (Å²) in [5, 5.41) is 4.14. The normalized spacial score (nSPS) is 14.7. The molecule has 1 amide bonds. The first-order valence-electron chi connectivity index (χ1n) is 10.4. The van der Waals surface area contributed by atoms with Gasteiger partial charge in [-0.15, -0.1) is 11.3 Å². The van der Waals surface area contributed by atoms with E-state index < -0.39 is 0 Å². The SMILES string of the molecule is Cc1nc(Nc2ncc(C)s2)cc(C2CCN(C(=O)CCc3ccccc3)CC2)n1. The molecule has 1 fully saturated rings. The molecular formula is C23H27N5OS. The van der Waals surface area contributed by atoms with Gasteiger partial charge in [0.05, 0.1) is 0 Å². The topological polar surface area (TPSA) is 71.0 Å². The van der Waals surface area contributed by atoms with E-state index in [-0.39, 0.29) is 5.91 Å². The number of carbonyl (C=O) groups is 1. The first-order chi connectivity index (χ1) is 14.6. The lowest BCUT2D eigenvalue weighted by molar-refractivity contribution is -0.132. The molecule has 156 valence electrons. The van der Waals surface area contributed by atoms with Gasteiger partial charge in [-0.1, -0.05) is 30.3 Å². The van der Waals surface area contributed by atoms with E-state index in [4.69, 9.17) is 0 Å². The van der Waals surface area contributed by atoms with Crippen molar-refractivity contribution in [2.75, 3.05) is 18.4 Å². The first-order valence-corrected chi connectivity index (χ1v) is 11.3. The highest BCUT2D eigenvalue weighted by Gasteiger charge is 2.25. The number of aromatic nitrogens is 3. The van der Waals surface area contributed by atoms with Gasteiger partial charge in [0.15, 0.2) is 5.13 Å². The third-order valence-corrected chi connectivity index (χ3v) is 6.28. The Balaban J connectivity index is 1.33. The van der Waals surface area contributed by atoms with Gasteiger partial charge in [0, 0.05) is 48.3 Å². The van der Waals surface area contributed by atoms with Gasteiger partial charge in [-0.2, -0.15) is 0 Å². The Morgan fingerprint density at radius 2 is 1.93 bits per heavy atom. The van der Waals surface area contributed by atoms with Gasteiger partial charge in [-0.25, -0.2) is 15.0 Å². The Hall–Kier alpha value is -2.80. The quantitative estimate of drug-likeness (QED) is 0.628. The Bertz CT molecular complexity index is 996. The number of likely N-dealkylation sites (tertiary alicyclic amines) is 1. The lowest BCUT2D eigenvalue weighted by Gasteiger charge is -2.32. The smallest absolute Gasteiger partial charge is 0.222 e. The molecule has 7 heteroatoms. The molecule has 0 saturated carbocycles. The summed E-state index contributed by atoms with van der Waals surface area (Å²) in [6, 6.07) is 12.2. The summed E-state index contributed by atoms with van der Waals surface area (Å²) in [6.07, 6.45) is 5.09. The fourth-order valence-corrected chi connectivity index (χ4v) is 4.54. The molecule has 0 aliphatic carbocycles. The number of benzene rings is 1. The number of aryl methyl sites for hydroxylation is 3. The second-order valence-electron chi connectivity index (χ2n) is 7.77. The van der Waals surface area contributed by atoms with Crippen molar-refractivity contribution in [3.05, 3.63) is 64.6 Å². The van der Waals surface area contributed by atoms with Crippen LogP contribution in [0.25, 0.3) is 0 Å². The van der Waals surface area contributed by atoms with Crippen molar-refractivity contribution in [1.29, 1.82) is 0 Å². The van der Waals surface area contributed by atoms with Gasteiger partial charge >= 0.3 is 0 Å². The molecule has 30 heavy (non-hydrogen) atoms. The third kappa shape index (κ3) is 5.21. The minimum absolute atomic E-state index is 0.248. The molecular weight excluding hydrogens is 394 g/mol. The molecule has 1 aliphatic rings. The Kier molecular flexibility index (Phi) is 6.38. The van der Waals surface area contributed by atoms with Crippen LogP contribution in [0.5, 0.6) is 0 Å². The number of amides is 1. The molecule has 1 saturated heterocycles. The fourth-order valence-electron chi connectivity index (χ4n) is 3.86. The highest BCUT2D eigenvalue weighted by molar-refractivity contribution is 7.15. The number of nitrogens with one attached hydrogen (secondary N) is 1. The molecule has 4 rings (SSSR count). The molecule has 0 spiro atoms. The van der Waals surface area contributed by atoms with E-state index in [9.17, 15) is 4.79 Å². The minimum atomic E-state index is 0.248. The average molecular weight is 422 g/mol. The van der Waals surface area contributed by atoms with E-state index in [0.29, 0.717) is 12.3 Å². The van der Waals surface area contributed by atoms with Crippen LogP contribution >= 0.6 is 11.3 Å². The van der Waals surface area contributed by atoms with E-state index in [1.807, 2.05) is 49.2 Å². The number of carbonyl (C=O) groups excluding carboxylic acids is 1. The summed E-state index contributed by atoms with van der Waals surface area (Å²) in [7, 11) is 0. The summed E-state index contributed by atoms with van der Waals surface area (Å²) in [5.41, 5.74) is 2.27. The zero-order valence-corrected chi connectivity index (χ0v) is 18.3. The third-order valence-electron chi connectivity index (χ3n) is 5.45. The van der Waals surface area contributed by atoms with Crippen molar-refractivity contribution in [1.82, 2.24) is 19.9 Å². The summed E-state index contributed by atoms with van der Waals surface area (Å²) in [4.78, 5) is 29.3. The van der Waals surface area contributed by atoms with E-state index in [2.05, 4.69) is 32.4 Å². The first kappa shape index (κ1) is 20.5. The van der Waals surface area contributed by atoms with Crippen molar-refractivity contribution in [2.45, 2.75) is 45.4 Å². The van der Waals surface area contributed by atoms with E-state index in [0.717, 1.165) is 59.7 Å². The van der Waals surface area contributed by atoms with E-state index >= 15 is 0 Å². The van der Waals surface area contributed by atoms with Crippen molar-refractivity contribution in [3.63, 3.8) is 0 Å². The monoisotopic (exact) mass is 421 g/mol. The molecule has 2 aromatic heterocycles. The lowest BCUT2D eigenvalue weighted by atomic mass is 9.93. The standard InChI is InChI=1S/C23H27N5OS/c1-16-15-24-23(30-16)27-21-14-20(25-17(2)26-21)19-10-12-28(13-11-19)22(29)9-8-18-6-4-3-5-7-18/h3-7,14-15,19H,8-13H2,1-2H3,(H,24,25,26,27). The zero-order chi connectivity index (χ0) is 20.9. The van der Waals surface area contributed by atoms with Crippen LogP contribution in [0.2, 0.25) is 0 Å². The van der Waals surface area contributed by atoms with Crippen LogP contribution in [0.4, 0.5) is 10.9 Å². The average Bonchev–Trinajstić information content (AvgIpc) is 3.17. The van der Waals surface area contributed by atoms with E-state index in [1.54, 1.807) is 11.3 Å². The minimum Gasteiger partial charge on any atom is -0.343 e. The van der Waals surface area contributed by atoms with Gasteiger partial charge in [0.2, 0.25) is 5.91 Å². The molecule has 3 aromatic rings. The molecule has 0 atom stereocenters. The van der Waals surface area contributed by atoms with Crippen LogP contribution in [0.3, 0.4) is 0 Å². The fraction of sp³-hybridized carbons (Fsp3) is 0.391. The molecule has 0 radical (unpaired) electrons. The van der Waals surface area contributed by atoms with E-state index in [1.165, 1.54) is 5.56 Å². The summed E-state index contributed by atoms with van der Waals surface area (Å²) in [6.45, 7) is 5.53. The zero-order valence-electron chi connectivity index (χ0n) is 17.5. The molecule has 0 unspecified atom stereocenters. The number of piperidine rings is 1. The molecule has 6 nitrogen and oxygen atoms in total. The maximum Gasteiger partial charge on any atom is 0.222 e. The Morgan fingerprint density at radius 1 is 1.17 bits per heavy atom. The predicted octanol–water partition coefficient (Wildman–Crippen LogP) is 4.63. The number of anilines is 2. The number of rotatable bonds is 6. The van der Waals surface area contributed by atoms with Crippen molar-refractivity contribution in [3.8, 4) is 0 Å². The number of nitrogens with zero attached hydrogens (tertiary/aromatic N) is 4. The maximum absolute atomic E-state index is 12.6. The second-order valence-corrected chi connectivity index (χ2v) is 9.00.